The van der Waals surface area contributed by atoms with Gasteiger partial charge in [0.15, 0.2) is 0 Å². The molecule has 0 N–H and O–H groups in total. The van der Waals surface area contributed by atoms with Gasteiger partial charge in [-0.25, -0.2) is 4.98 Å². The molecule has 6 heteroatoms. The first-order valence-electron chi connectivity index (χ1n) is 9.08. The van der Waals surface area contributed by atoms with Gasteiger partial charge in [-0.2, -0.15) is 0 Å². The quantitative estimate of drug-likeness (QED) is 0.432. The van der Waals surface area contributed by atoms with Gasteiger partial charge in [-0.15, -0.1) is 11.8 Å². The van der Waals surface area contributed by atoms with Gasteiger partial charge in [0, 0.05) is 35.7 Å². The summed E-state index contributed by atoms with van der Waals surface area (Å²) >= 11 is 1.71. The highest BCUT2D eigenvalue weighted by atomic mass is 32.2. The van der Waals surface area contributed by atoms with Crippen molar-refractivity contribution in [3.63, 3.8) is 0 Å². The van der Waals surface area contributed by atoms with E-state index in [0.717, 1.165) is 27.7 Å². The first-order valence-corrected chi connectivity index (χ1v) is 10.1. The van der Waals surface area contributed by atoms with Gasteiger partial charge >= 0.3 is 0 Å². The number of rotatable bonds is 6. The van der Waals surface area contributed by atoms with E-state index in [0.29, 0.717) is 5.56 Å². The SMILES string of the molecule is CC(c1ccco1)N(C)C(=O)c1ccc(SCc2cn3ccccc3n2)cc1. The van der Waals surface area contributed by atoms with Crippen LogP contribution in [0.1, 0.15) is 34.8 Å². The first kappa shape index (κ1) is 18.4. The molecular weight excluding hydrogens is 370 g/mol. The predicted molar refractivity (Wildman–Crippen MR) is 110 cm³/mol. The number of carbonyl (C=O) groups excluding carboxylic acids is 1. The smallest absolute Gasteiger partial charge is 0.254 e. The van der Waals surface area contributed by atoms with E-state index >= 15 is 0 Å². The minimum atomic E-state index is -0.119. The lowest BCUT2D eigenvalue weighted by molar-refractivity contribution is 0.0726. The van der Waals surface area contributed by atoms with Crippen LogP contribution in [0.3, 0.4) is 0 Å². The molecule has 5 nitrogen and oxygen atoms in total. The van der Waals surface area contributed by atoms with E-state index in [1.807, 2.05) is 78.3 Å². The van der Waals surface area contributed by atoms with Crippen LogP contribution in [0.2, 0.25) is 0 Å². The molecule has 0 radical (unpaired) electrons. The zero-order valence-electron chi connectivity index (χ0n) is 15.8. The van der Waals surface area contributed by atoms with Crippen molar-refractivity contribution in [2.45, 2.75) is 23.6 Å². The second kappa shape index (κ2) is 7.94. The minimum Gasteiger partial charge on any atom is -0.467 e. The van der Waals surface area contributed by atoms with Gasteiger partial charge in [0.2, 0.25) is 0 Å². The van der Waals surface area contributed by atoms with Crippen molar-refractivity contribution in [3.05, 3.63) is 90.3 Å². The molecule has 0 aliphatic heterocycles. The highest BCUT2D eigenvalue weighted by molar-refractivity contribution is 7.98. The molecule has 142 valence electrons. The van der Waals surface area contributed by atoms with Crippen LogP contribution < -0.4 is 0 Å². The number of nitrogens with zero attached hydrogens (tertiary/aromatic N) is 3. The van der Waals surface area contributed by atoms with Crippen molar-refractivity contribution in [2.24, 2.45) is 0 Å². The van der Waals surface area contributed by atoms with Crippen molar-refractivity contribution in [2.75, 3.05) is 7.05 Å². The van der Waals surface area contributed by atoms with Crippen molar-refractivity contribution in [1.82, 2.24) is 14.3 Å². The zero-order valence-corrected chi connectivity index (χ0v) is 16.6. The molecule has 0 saturated carbocycles. The number of carbonyl (C=O) groups is 1. The summed E-state index contributed by atoms with van der Waals surface area (Å²) in [6, 6.07) is 17.3. The Morgan fingerprint density at radius 1 is 1.18 bits per heavy atom. The van der Waals surface area contributed by atoms with Gasteiger partial charge in [-0.05, 0) is 55.5 Å². The van der Waals surface area contributed by atoms with Gasteiger partial charge in [0.05, 0.1) is 18.0 Å². The Hall–Kier alpha value is -2.99. The Labute approximate surface area is 168 Å². The summed E-state index contributed by atoms with van der Waals surface area (Å²) in [7, 11) is 1.79. The second-order valence-corrected chi connectivity index (χ2v) is 7.67. The number of furan rings is 1. The maximum atomic E-state index is 12.7. The Morgan fingerprint density at radius 2 is 2.00 bits per heavy atom. The van der Waals surface area contributed by atoms with Crippen molar-refractivity contribution < 1.29 is 9.21 Å². The number of amides is 1. The zero-order chi connectivity index (χ0) is 19.5. The lowest BCUT2D eigenvalue weighted by Crippen LogP contribution is -2.29. The Balaban J connectivity index is 1.39. The Bertz CT molecular complexity index is 1040. The number of benzene rings is 1. The van der Waals surface area contributed by atoms with E-state index in [2.05, 4.69) is 4.98 Å². The molecule has 0 saturated heterocycles. The van der Waals surface area contributed by atoms with Gasteiger partial charge < -0.3 is 13.7 Å². The molecule has 3 aromatic heterocycles. The van der Waals surface area contributed by atoms with E-state index < -0.39 is 0 Å². The van der Waals surface area contributed by atoms with Crippen LogP contribution in [0.25, 0.3) is 5.65 Å². The van der Waals surface area contributed by atoms with Gasteiger partial charge in [-0.3, -0.25) is 4.79 Å². The average molecular weight is 391 g/mol. The van der Waals surface area contributed by atoms with Crippen LogP contribution in [0, 0.1) is 0 Å². The molecule has 0 spiro atoms. The average Bonchev–Trinajstić information content (AvgIpc) is 3.40. The third-order valence-electron chi connectivity index (χ3n) is 4.76. The number of imidazole rings is 1. The number of aromatic nitrogens is 2. The molecule has 0 fully saturated rings. The van der Waals surface area contributed by atoms with E-state index in [1.54, 1.807) is 30.0 Å². The maximum Gasteiger partial charge on any atom is 0.254 e. The Morgan fingerprint density at radius 3 is 2.71 bits per heavy atom. The summed E-state index contributed by atoms with van der Waals surface area (Å²) in [5, 5.41) is 0. The number of fused-ring (bicyclic) bond motifs is 1. The van der Waals surface area contributed by atoms with Crippen LogP contribution in [0.15, 0.2) is 82.6 Å². The van der Waals surface area contributed by atoms with E-state index in [9.17, 15) is 4.79 Å². The second-order valence-electron chi connectivity index (χ2n) is 6.62. The fourth-order valence-corrected chi connectivity index (χ4v) is 3.79. The summed E-state index contributed by atoms with van der Waals surface area (Å²) < 4.78 is 7.43. The summed E-state index contributed by atoms with van der Waals surface area (Å²) in [4.78, 5) is 20.1. The normalized spacial score (nSPS) is 12.2. The van der Waals surface area contributed by atoms with Crippen LogP contribution in [0.4, 0.5) is 0 Å². The maximum absolute atomic E-state index is 12.7. The number of hydrogen-bond acceptors (Lipinski definition) is 4. The number of hydrogen-bond donors (Lipinski definition) is 0. The van der Waals surface area contributed by atoms with Crippen molar-refractivity contribution in [3.8, 4) is 0 Å². The van der Waals surface area contributed by atoms with E-state index in [-0.39, 0.29) is 11.9 Å². The molecule has 28 heavy (non-hydrogen) atoms. The molecule has 1 unspecified atom stereocenters. The van der Waals surface area contributed by atoms with Gasteiger partial charge in [-0.1, -0.05) is 6.07 Å². The lowest BCUT2D eigenvalue weighted by atomic mass is 10.1. The minimum absolute atomic E-state index is 0.0270. The fraction of sp³-hybridized carbons (Fsp3) is 0.182. The monoisotopic (exact) mass is 391 g/mol. The molecule has 4 rings (SSSR count). The van der Waals surface area contributed by atoms with Gasteiger partial charge in [0.1, 0.15) is 11.4 Å². The molecule has 0 aliphatic rings. The number of thioether (sulfide) groups is 1. The lowest BCUT2D eigenvalue weighted by Gasteiger charge is -2.23. The first-order chi connectivity index (χ1) is 13.6. The predicted octanol–water partition coefficient (Wildman–Crippen LogP) is 5.05. The van der Waals surface area contributed by atoms with Gasteiger partial charge in [0.25, 0.3) is 5.91 Å². The highest BCUT2D eigenvalue weighted by Crippen LogP contribution is 2.25. The fourth-order valence-electron chi connectivity index (χ4n) is 3.01. The van der Waals surface area contributed by atoms with E-state index in [4.69, 9.17) is 4.42 Å². The molecule has 1 atom stereocenters. The third-order valence-corrected chi connectivity index (χ3v) is 5.80. The molecule has 0 bridgehead atoms. The standard InChI is InChI=1S/C22H21N3O2S/c1-16(20-6-5-13-27-20)24(2)22(26)17-8-10-19(11-9-17)28-15-18-14-25-12-4-3-7-21(25)23-18/h3-14,16H,15H2,1-2H3. The van der Waals surface area contributed by atoms with Crippen LogP contribution in [0.5, 0.6) is 0 Å². The van der Waals surface area contributed by atoms with Crippen molar-refractivity contribution in [1.29, 1.82) is 0 Å². The highest BCUT2D eigenvalue weighted by Gasteiger charge is 2.20. The molecule has 1 amide bonds. The van der Waals surface area contributed by atoms with Crippen molar-refractivity contribution >= 4 is 23.3 Å². The third kappa shape index (κ3) is 3.82. The molecular formula is C22H21N3O2S. The summed E-state index contributed by atoms with van der Waals surface area (Å²) in [6.07, 6.45) is 5.67. The summed E-state index contributed by atoms with van der Waals surface area (Å²) in [6.45, 7) is 1.95. The molecule has 4 aromatic rings. The van der Waals surface area contributed by atoms with Crippen LogP contribution >= 0.6 is 11.8 Å². The van der Waals surface area contributed by atoms with Crippen LogP contribution in [-0.2, 0) is 5.75 Å². The summed E-state index contributed by atoms with van der Waals surface area (Å²) in [5.41, 5.74) is 2.65. The Kier molecular flexibility index (Phi) is 5.21. The van der Waals surface area contributed by atoms with Crippen LogP contribution in [-0.4, -0.2) is 27.2 Å². The number of pyridine rings is 1. The molecule has 1 aromatic carbocycles. The summed E-state index contributed by atoms with van der Waals surface area (Å²) in [5.74, 6) is 1.53. The largest absolute Gasteiger partial charge is 0.467 e. The topological polar surface area (TPSA) is 50.8 Å². The molecule has 3 heterocycles. The molecule has 0 aliphatic carbocycles. The van der Waals surface area contributed by atoms with E-state index in [1.165, 1.54) is 0 Å².